The SMILES string of the molecule is CCC(CC)OC(=O)OC[C@@]1(C)O[C@@H](c2ccc3c(N)ncnn23)[C@@H]2OC(C)(C)O[C@@H]21. The predicted octanol–water partition coefficient (Wildman–Crippen LogP) is 3.00. The highest BCUT2D eigenvalue weighted by molar-refractivity contribution is 5.65. The normalized spacial score (nSPS) is 29.4. The Balaban J connectivity index is 1.58. The lowest BCUT2D eigenvalue weighted by atomic mass is 9.97. The molecule has 10 nitrogen and oxygen atoms in total. The van der Waals surface area contributed by atoms with Crippen molar-refractivity contribution in [3.63, 3.8) is 0 Å². The van der Waals surface area contributed by atoms with Crippen LogP contribution in [0.3, 0.4) is 0 Å². The summed E-state index contributed by atoms with van der Waals surface area (Å²) in [5.74, 6) is -0.439. The van der Waals surface area contributed by atoms with E-state index in [0.717, 1.165) is 18.5 Å². The maximum atomic E-state index is 12.2. The summed E-state index contributed by atoms with van der Waals surface area (Å²) < 4.78 is 31.2. The Morgan fingerprint density at radius 2 is 1.97 bits per heavy atom. The van der Waals surface area contributed by atoms with Crippen LogP contribution in [-0.4, -0.2) is 57.1 Å². The van der Waals surface area contributed by atoms with E-state index < -0.39 is 35.9 Å². The first-order valence-corrected chi connectivity index (χ1v) is 10.6. The van der Waals surface area contributed by atoms with E-state index >= 15 is 0 Å². The largest absolute Gasteiger partial charge is 0.508 e. The second-order valence-corrected chi connectivity index (χ2v) is 8.67. The molecule has 2 saturated heterocycles. The van der Waals surface area contributed by atoms with Crippen molar-refractivity contribution < 1.29 is 28.5 Å². The quantitative estimate of drug-likeness (QED) is 0.684. The Bertz CT molecular complexity index is 958. The molecular formula is C21H30N4O6. The summed E-state index contributed by atoms with van der Waals surface area (Å²) in [5, 5.41) is 4.31. The third-order valence-electron chi connectivity index (χ3n) is 5.88. The zero-order valence-electron chi connectivity index (χ0n) is 18.5. The molecule has 2 aliphatic heterocycles. The van der Waals surface area contributed by atoms with E-state index in [1.165, 1.54) is 6.33 Å². The van der Waals surface area contributed by atoms with E-state index in [1.54, 1.807) is 4.52 Å². The Kier molecular flexibility index (Phi) is 5.57. The summed E-state index contributed by atoms with van der Waals surface area (Å²) >= 11 is 0. The maximum absolute atomic E-state index is 12.2. The van der Waals surface area contributed by atoms with Crippen LogP contribution in [0.25, 0.3) is 5.52 Å². The fraction of sp³-hybridized carbons (Fsp3) is 0.667. The van der Waals surface area contributed by atoms with Gasteiger partial charge in [0.25, 0.3) is 0 Å². The molecule has 170 valence electrons. The number of fused-ring (bicyclic) bond motifs is 2. The van der Waals surface area contributed by atoms with Crippen LogP contribution >= 0.6 is 0 Å². The number of rotatable bonds is 6. The molecule has 0 aromatic carbocycles. The summed E-state index contributed by atoms with van der Waals surface area (Å²) in [4.78, 5) is 16.2. The molecule has 2 aliphatic rings. The molecule has 0 saturated carbocycles. The average molecular weight is 434 g/mol. The van der Waals surface area contributed by atoms with Crippen molar-refractivity contribution in [2.24, 2.45) is 0 Å². The van der Waals surface area contributed by atoms with Crippen LogP contribution in [-0.2, 0) is 23.7 Å². The molecule has 31 heavy (non-hydrogen) atoms. The summed E-state index contributed by atoms with van der Waals surface area (Å²) in [6.45, 7) is 9.43. The number of carbonyl (C=O) groups is 1. The molecule has 2 aromatic rings. The van der Waals surface area contributed by atoms with Crippen molar-refractivity contribution in [2.75, 3.05) is 12.3 Å². The lowest BCUT2D eigenvalue weighted by molar-refractivity contribution is -0.214. The first-order chi connectivity index (χ1) is 14.7. The molecule has 2 fully saturated rings. The molecule has 4 atom stereocenters. The second-order valence-electron chi connectivity index (χ2n) is 8.67. The molecular weight excluding hydrogens is 404 g/mol. The van der Waals surface area contributed by atoms with Crippen molar-refractivity contribution in [3.05, 3.63) is 24.2 Å². The molecule has 2 N–H and O–H groups in total. The average Bonchev–Trinajstić information content (AvgIpc) is 3.37. The third-order valence-corrected chi connectivity index (χ3v) is 5.88. The van der Waals surface area contributed by atoms with E-state index in [1.807, 2.05) is 46.8 Å². The minimum absolute atomic E-state index is 0.0382. The second kappa shape index (κ2) is 7.92. The number of carbonyl (C=O) groups excluding carboxylic acids is 1. The number of hydrogen-bond acceptors (Lipinski definition) is 9. The number of anilines is 1. The summed E-state index contributed by atoms with van der Waals surface area (Å²) in [6, 6.07) is 3.72. The summed E-state index contributed by atoms with van der Waals surface area (Å²) in [5.41, 5.74) is 6.46. The van der Waals surface area contributed by atoms with E-state index in [-0.39, 0.29) is 12.7 Å². The zero-order valence-corrected chi connectivity index (χ0v) is 18.5. The van der Waals surface area contributed by atoms with E-state index in [4.69, 9.17) is 29.4 Å². The molecule has 0 bridgehead atoms. The van der Waals surface area contributed by atoms with Crippen LogP contribution in [0.2, 0.25) is 0 Å². The van der Waals surface area contributed by atoms with Crippen LogP contribution in [0.15, 0.2) is 18.5 Å². The minimum Gasteiger partial charge on any atom is -0.431 e. The van der Waals surface area contributed by atoms with Gasteiger partial charge in [0.15, 0.2) is 11.6 Å². The topological polar surface area (TPSA) is 119 Å². The van der Waals surface area contributed by atoms with Gasteiger partial charge < -0.3 is 29.4 Å². The van der Waals surface area contributed by atoms with Crippen LogP contribution in [0, 0.1) is 0 Å². The number of hydrogen-bond donors (Lipinski definition) is 1. The molecule has 0 aliphatic carbocycles. The number of nitrogens with two attached hydrogens (primary N) is 1. The molecule has 0 amide bonds. The summed E-state index contributed by atoms with van der Waals surface area (Å²) in [7, 11) is 0. The van der Waals surface area contributed by atoms with Crippen LogP contribution in [0.1, 0.15) is 59.3 Å². The first-order valence-electron chi connectivity index (χ1n) is 10.6. The fourth-order valence-electron chi connectivity index (χ4n) is 4.27. The van der Waals surface area contributed by atoms with Crippen molar-refractivity contribution in [1.29, 1.82) is 0 Å². The van der Waals surface area contributed by atoms with E-state index in [9.17, 15) is 4.79 Å². The van der Waals surface area contributed by atoms with Crippen molar-refractivity contribution in [3.8, 4) is 0 Å². The lowest BCUT2D eigenvalue weighted by Gasteiger charge is -2.31. The molecule has 2 aromatic heterocycles. The minimum atomic E-state index is -0.946. The van der Waals surface area contributed by atoms with Gasteiger partial charge in [-0.2, -0.15) is 5.10 Å². The molecule has 4 rings (SSSR count). The lowest BCUT2D eigenvalue weighted by Crippen LogP contribution is -2.45. The summed E-state index contributed by atoms with van der Waals surface area (Å²) in [6.07, 6.45) is 0.563. The number of aromatic nitrogens is 3. The van der Waals surface area contributed by atoms with Crippen molar-refractivity contribution in [1.82, 2.24) is 14.6 Å². The van der Waals surface area contributed by atoms with E-state index in [2.05, 4.69) is 10.1 Å². The highest BCUT2D eigenvalue weighted by atomic mass is 16.8. The van der Waals surface area contributed by atoms with Gasteiger partial charge in [-0.05, 0) is 45.7 Å². The van der Waals surface area contributed by atoms with Crippen molar-refractivity contribution in [2.45, 2.75) is 83.3 Å². The van der Waals surface area contributed by atoms with Gasteiger partial charge in [-0.1, -0.05) is 13.8 Å². The third kappa shape index (κ3) is 3.95. The standard InChI is InChI=1S/C21H30N4O6/c1-6-12(7-2)28-19(26)27-10-21(5)17-16(29-20(3,4)31-17)15(30-21)13-8-9-14-18(22)23-11-24-25(13)14/h8-9,11-12,15-17H,6-7,10H2,1-5H3,(H2,22,23,24)/t15-,16-,17-,21+/m0/s1. The Morgan fingerprint density at radius 3 is 2.68 bits per heavy atom. The molecule has 0 unspecified atom stereocenters. The van der Waals surface area contributed by atoms with Crippen LogP contribution < -0.4 is 5.73 Å². The number of nitrogen functional groups attached to an aromatic ring is 1. The van der Waals surface area contributed by atoms with Crippen LogP contribution in [0.4, 0.5) is 10.6 Å². The Morgan fingerprint density at radius 1 is 1.23 bits per heavy atom. The van der Waals surface area contributed by atoms with Gasteiger partial charge in [-0.3, -0.25) is 0 Å². The highest BCUT2D eigenvalue weighted by Gasteiger charge is 2.62. The predicted molar refractivity (Wildman–Crippen MR) is 110 cm³/mol. The molecule has 10 heteroatoms. The van der Waals surface area contributed by atoms with Gasteiger partial charge in [-0.25, -0.2) is 14.3 Å². The first kappa shape index (κ1) is 21.8. The molecule has 0 radical (unpaired) electrons. The number of nitrogens with zero attached hydrogens (tertiary/aromatic N) is 3. The van der Waals surface area contributed by atoms with E-state index in [0.29, 0.717) is 11.3 Å². The molecule has 0 spiro atoms. The van der Waals surface area contributed by atoms with Gasteiger partial charge in [0.1, 0.15) is 48.5 Å². The number of ether oxygens (including phenoxy) is 5. The van der Waals surface area contributed by atoms with Gasteiger partial charge in [0.05, 0.1) is 5.69 Å². The monoisotopic (exact) mass is 434 g/mol. The smallest absolute Gasteiger partial charge is 0.431 e. The van der Waals surface area contributed by atoms with Crippen molar-refractivity contribution >= 4 is 17.5 Å². The zero-order chi connectivity index (χ0) is 22.4. The van der Waals surface area contributed by atoms with Gasteiger partial charge in [0, 0.05) is 0 Å². The van der Waals surface area contributed by atoms with Gasteiger partial charge >= 0.3 is 6.16 Å². The maximum Gasteiger partial charge on any atom is 0.508 e. The Labute approximate surface area is 180 Å². The Hall–Kier alpha value is -2.43. The van der Waals surface area contributed by atoms with Gasteiger partial charge in [-0.15, -0.1) is 0 Å². The van der Waals surface area contributed by atoms with Gasteiger partial charge in [0.2, 0.25) is 0 Å². The van der Waals surface area contributed by atoms with Crippen LogP contribution in [0.5, 0.6) is 0 Å². The highest BCUT2D eigenvalue weighted by Crippen LogP contribution is 2.50. The fourth-order valence-corrected chi connectivity index (χ4v) is 4.27. The molecule has 4 heterocycles.